The third-order valence-corrected chi connectivity index (χ3v) is 13.8. The van der Waals surface area contributed by atoms with E-state index in [1.54, 1.807) is 88.3 Å². The first-order chi connectivity index (χ1) is 23.5. The first kappa shape index (κ1) is 44.9. The second kappa shape index (κ2) is 16.8. The van der Waals surface area contributed by atoms with Crippen molar-refractivity contribution in [2.24, 2.45) is 22.2 Å². The number of nitrogens with zero attached hydrogens (tertiary/aromatic N) is 1. The van der Waals surface area contributed by atoms with Gasteiger partial charge in [0.25, 0.3) is 0 Å². The van der Waals surface area contributed by atoms with Gasteiger partial charge in [0.05, 0.1) is 29.5 Å². The Hall–Kier alpha value is -3.29. The summed E-state index contributed by atoms with van der Waals surface area (Å²) in [7, 11) is -2.12. The molecular formula is C39H64N2O10Si. The molecule has 1 fully saturated rings. The molecule has 1 aromatic carbocycles. The van der Waals surface area contributed by atoms with E-state index in [0.29, 0.717) is 12.1 Å². The molecule has 13 heteroatoms. The number of hydrogen-bond donors (Lipinski definition) is 1. The van der Waals surface area contributed by atoms with E-state index in [2.05, 4.69) is 39.2 Å². The number of para-hydroxylation sites is 1. The minimum atomic E-state index is -2.12. The van der Waals surface area contributed by atoms with Gasteiger partial charge >= 0.3 is 17.9 Å². The molecule has 294 valence electrons. The number of anilines is 1. The van der Waals surface area contributed by atoms with Crippen LogP contribution >= 0.6 is 0 Å². The molecule has 1 aliphatic rings. The fraction of sp³-hybridized carbons (Fsp3) is 0.718. The first-order valence-electron chi connectivity index (χ1n) is 18.0. The van der Waals surface area contributed by atoms with Crippen LogP contribution in [-0.4, -0.2) is 80.6 Å². The summed E-state index contributed by atoms with van der Waals surface area (Å²) in [6.45, 7) is 29.2. The molecule has 1 heterocycles. The average molecular weight is 749 g/mol. The van der Waals surface area contributed by atoms with Crippen LogP contribution < -0.4 is 5.32 Å². The van der Waals surface area contributed by atoms with Crippen LogP contribution in [0.15, 0.2) is 24.3 Å². The molecule has 12 nitrogen and oxygen atoms in total. The highest BCUT2D eigenvalue weighted by atomic mass is 28.4. The molecule has 0 aliphatic carbocycles. The fourth-order valence-electron chi connectivity index (χ4n) is 4.81. The lowest BCUT2D eigenvalue weighted by Crippen LogP contribution is -2.66. The third-order valence-electron chi connectivity index (χ3n) is 9.29. The molecule has 1 saturated heterocycles. The Bertz CT molecular complexity index is 1430. The number of hydrogen-bond acceptors (Lipinski definition) is 10. The molecule has 0 aromatic heterocycles. The van der Waals surface area contributed by atoms with E-state index >= 15 is 0 Å². The van der Waals surface area contributed by atoms with Gasteiger partial charge < -0.3 is 33.6 Å². The molecular weight excluding hydrogens is 685 g/mol. The van der Waals surface area contributed by atoms with Gasteiger partial charge in [-0.1, -0.05) is 52.8 Å². The smallest absolute Gasteiger partial charge is 0.311 e. The Morgan fingerprint density at radius 3 is 1.77 bits per heavy atom. The zero-order valence-electron chi connectivity index (χ0n) is 34.3. The number of amides is 2. The van der Waals surface area contributed by atoms with Gasteiger partial charge in [-0.15, -0.1) is 0 Å². The Balaban J connectivity index is 2.62. The zero-order chi connectivity index (χ0) is 40.2. The highest BCUT2D eigenvalue weighted by molar-refractivity contribution is 6.74. The van der Waals surface area contributed by atoms with Crippen molar-refractivity contribution in [3.8, 4) is 0 Å². The highest BCUT2D eigenvalue weighted by Gasteiger charge is 2.53. The summed E-state index contributed by atoms with van der Waals surface area (Å²) >= 11 is 0. The van der Waals surface area contributed by atoms with Crippen molar-refractivity contribution in [1.29, 1.82) is 0 Å². The number of benzene rings is 1. The predicted octanol–water partition coefficient (Wildman–Crippen LogP) is 6.86. The Labute approximate surface area is 312 Å². The van der Waals surface area contributed by atoms with E-state index in [-0.39, 0.29) is 18.3 Å². The van der Waals surface area contributed by atoms with Gasteiger partial charge in [-0.2, -0.15) is 0 Å². The lowest BCUT2D eigenvalue weighted by Gasteiger charge is -2.47. The Morgan fingerprint density at radius 1 is 0.827 bits per heavy atom. The number of rotatable bonds is 12. The molecule has 1 aromatic rings. The molecule has 0 bridgehead atoms. The van der Waals surface area contributed by atoms with Crippen molar-refractivity contribution >= 4 is 44.2 Å². The molecule has 1 N–H and O–H groups in total. The number of carbonyl (C=O) groups excluding carboxylic acids is 5. The largest absolute Gasteiger partial charge is 0.455 e. The van der Waals surface area contributed by atoms with E-state index in [1.165, 1.54) is 0 Å². The fourth-order valence-corrected chi connectivity index (χ4v) is 5.76. The first-order valence-corrected chi connectivity index (χ1v) is 20.9. The molecule has 52 heavy (non-hydrogen) atoms. The van der Waals surface area contributed by atoms with Crippen LogP contribution in [0.4, 0.5) is 5.69 Å². The molecule has 5 atom stereocenters. The van der Waals surface area contributed by atoms with Crippen molar-refractivity contribution in [3.05, 3.63) is 29.8 Å². The van der Waals surface area contributed by atoms with Gasteiger partial charge in [0, 0.05) is 5.69 Å². The number of carbonyl (C=O) groups is 5. The van der Waals surface area contributed by atoms with Crippen molar-refractivity contribution in [2.45, 2.75) is 152 Å². The molecule has 0 unspecified atom stereocenters. The minimum absolute atomic E-state index is 0.0193. The van der Waals surface area contributed by atoms with Crippen molar-refractivity contribution in [3.63, 3.8) is 0 Å². The third kappa shape index (κ3) is 11.6. The van der Waals surface area contributed by atoms with Crippen molar-refractivity contribution in [1.82, 2.24) is 4.90 Å². The van der Waals surface area contributed by atoms with Gasteiger partial charge in [-0.25, -0.2) is 0 Å². The molecule has 0 radical (unpaired) electrons. The minimum Gasteiger partial charge on any atom is -0.455 e. The number of nitrogens with one attached hydrogen (secondary N) is 1. The summed E-state index contributed by atoms with van der Waals surface area (Å²) in [5.41, 5.74) is -1.64. The molecule has 2 amide bonds. The lowest BCUT2D eigenvalue weighted by molar-refractivity contribution is -0.257. The monoisotopic (exact) mass is 748 g/mol. The van der Waals surface area contributed by atoms with Crippen LogP contribution in [-0.2, 0) is 54.0 Å². The van der Waals surface area contributed by atoms with Crippen LogP contribution in [0.2, 0.25) is 18.1 Å². The van der Waals surface area contributed by atoms with E-state index < -0.39 is 84.9 Å². The average Bonchev–Trinajstić information content (AvgIpc) is 2.98. The Kier molecular flexibility index (Phi) is 14.5. The summed E-state index contributed by atoms with van der Waals surface area (Å²) in [4.78, 5) is 68.5. The zero-order valence-corrected chi connectivity index (χ0v) is 35.3. The van der Waals surface area contributed by atoms with Gasteiger partial charge in [0.15, 0.2) is 32.9 Å². The van der Waals surface area contributed by atoms with E-state index in [1.807, 2.05) is 12.1 Å². The van der Waals surface area contributed by atoms with Crippen LogP contribution in [0, 0.1) is 22.2 Å². The van der Waals surface area contributed by atoms with Gasteiger partial charge in [-0.05, 0) is 98.0 Å². The van der Waals surface area contributed by atoms with Crippen LogP contribution in [0.1, 0.15) is 102 Å². The maximum atomic E-state index is 14.2. The van der Waals surface area contributed by atoms with E-state index in [9.17, 15) is 24.0 Å². The van der Waals surface area contributed by atoms with Crippen LogP contribution in [0.3, 0.4) is 0 Å². The van der Waals surface area contributed by atoms with Gasteiger partial charge in [-0.3, -0.25) is 24.0 Å². The number of ether oxygens (including phenoxy) is 4. The van der Waals surface area contributed by atoms with Crippen LogP contribution in [0.25, 0.3) is 0 Å². The molecule has 2 rings (SSSR count). The quantitative estimate of drug-likeness (QED) is 0.104. The van der Waals surface area contributed by atoms with Gasteiger partial charge in [0.1, 0.15) is 6.04 Å². The maximum Gasteiger partial charge on any atom is 0.311 e. The van der Waals surface area contributed by atoms with Gasteiger partial charge in [0.2, 0.25) is 12.3 Å². The molecule has 0 saturated carbocycles. The summed E-state index contributed by atoms with van der Waals surface area (Å²) in [5.74, 6) is -2.91. The van der Waals surface area contributed by atoms with Crippen molar-refractivity contribution < 1.29 is 47.3 Å². The summed E-state index contributed by atoms with van der Waals surface area (Å²) in [5, 5.41) is 2.97. The van der Waals surface area contributed by atoms with E-state index in [4.69, 9.17) is 23.4 Å². The molecule has 0 spiro atoms. The summed E-state index contributed by atoms with van der Waals surface area (Å²) < 4.78 is 30.5. The maximum absolute atomic E-state index is 14.2. The SMILES string of the molecule is CC(C)[C@@H](C(=O)Nc1ccccc1CO[Si](C)(C)C(C)(C)C)N(C=O)[C@H]1OC[C@@H](OC(=O)C(C)(C)C)[C@@H](OC(=O)C(C)(C)C)[C@@H]1OC(=O)C(C)(C)C. The molecule has 1 aliphatic heterocycles. The summed E-state index contributed by atoms with van der Waals surface area (Å²) in [6.07, 6.45) is -4.99. The predicted molar refractivity (Wildman–Crippen MR) is 201 cm³/mol. The van der Waals surface area contributed by atoms with Crippen LogP contribution in [0.5, 0.6) is 0 Å². The normalized spacial score (nSPS) is 20.8. The topological polar surface area (TPSA) is 147 Å². The second-order valence-electron chi connectivity index (χ2n) is 18.6. The number of esters is 3. The lowest BCUT2D eigenvalue weighted by atomic mass is 9.93. The van der Waals surface area contributed by atoms with E-state index in [0.717, 1.165) is 10.5 Å². The van der Waals surface area contributed by atoms with Crippen molar-refractivity contribution in [2.75, 3.05) is 11.9 Å². The summed E-state index contributed by atoms with van der Waals surface area (Å²) in [6, 6.07) is 6.17. The standard InChI is InChI=1S/C39H64N2O10Si/c1-24(2)28(31(43)40-26-20-18-17-19-25(26)21-48-52(15,16)39(12,13)14)41(23-42)32-30(51-35(46)38(9,10)11)29(50-34(45)37(6,7)8)27(22-47-32)49-33(44)36(3,4)5/h17-20,23-24,27-30,32H,21-22H2,1-16H3,(H,40,43)/t27-,28+,29-,30+,32+/m1/s1. The second-order valence-corrected chi connectivity index (χ2v) is 23.4. The Morgan fingerprint density at radius 2 is 1.31 bits per heavy atom. The highest BCUT2D eigenvalue weighted by Crippen LogP contribution is 2.38.